The summed E-state index contributed by atoms with van der Waals surface area (Å²) in [6.45, 7) is 12.7. The number of morpholine rings is 1. The molecule has 6 heteroatoms. The van der Waals surface area contributed by atoms with Gasteiger partial charge in [-0.25, -0.2) is 4.98 Å². The second kappa shape index (κ2) is 6.81. The number of ether oxygens (including phenoxy) is 1. The summed E-state index contributed by atoms with van der Waals surface area (Å²) in [6.07, 6.45) is 3.86. The summed E-state index contributed by atoms with van der Waals surface area (Å²) in [5.41, 5.74) is 0.0320. The minimum Gasteiger partial charge on any atom is -0.379 e. The lowest BCUT2D eigenvalue weighted by molar-refractivity contribution is 0.0338. The number of piperidine rings is 1. The number of anilines is 1. The first kappa shape index (κ1) is 16.1. The standard InChI is InChI=1S/C16H28N4OS/c1-16(2,3)14-17-15(22-18-14)20-7-5-4-6-13(20)12-19-8-10-21-11-9-19/h13H,4-12H2,1-3H3. The molecule has 0 aromatic carbocycles. The van der Waals surface area contributed by atoms with Gasteiger partial charge in [-0.1, -0.05) is 20.8 Å². The Kier molecular flexibility index (Phi) is 5.00. The van der Waals surface area contributed by atoms with E-state index in [0.29, 0.717) is 6.04 Å². The zero-order chi connectivity index (χ0) is 15.6. The van der Waals surface area contributed by atoms with Crippen LogP contribution in [0, 0.1) is 0 Å². The summed E-state index contributed by atoms with van der Waals surface area (Å²) in [6, 6.07) is 0.576. The van der Waals surface area contributed by atoms with Crippen LogP contribution in [0.15, 0.2) is 0 Å². The molecule has 124 valence electrons. The Bertz CT molecular complexity index is 479. The molecular formula is C16H28N4OS. The zero-order valence-corrected chi connectivity index (χ0v) is 14.9. The highest BCUT2D eigenvalue weighted by atomic mass is 32.1. The molecule has 1 unspecified atom stereocenters. The number of nitrogens with zero attached hydrogens (tertiary/aromatic N) is 4. The van der Waals surface area contributed by atoms with Gasteiger partial charge in [0.05, 0.1) is 13.2 Å². The van der Waals surface area contributed by atoms with Gasteiger partial charge < -0.3 is 9.64 Å². The summed E-state index contributed by atoms with van der Waals surface area (Å²) >= 11 is 1.57. The number of aromatic nitrogens is 2. The lowest BCUT2D eigenvalue weighted by Crippen LogP contribution is -2.49. The van der Waals surface area contributed by atoms with Crippen LogP contribution in [0.25, 0.3) is 0 Å². The lowest BCUT2D eigenvalue weighted by atomic mass is 9.96. The van der Waals surface area contributed by atoms with Gasteiger partial charge in [0.1, 0.15) is 5.82 Å². The predicted octanol–water partition coefficient (Wildman–Crippen LogP) is 2.53. The van der Waals surface area contributed by atoms with Crippen molar-refractivity contribution in [3.8, 4) is 0 Å². The van der Waals surface area contributed by atoms with E-state index in [1.54, 1.807) is 11.5 Å². The van der Waals surface area contributed by atoms with Gasteiger partial charge in [-0.3, -0.25) is 4.90 Å². The van der Waals surface area contributed by atoms with Crippen molar-refractivity contribution in [1.29, 1.82) is 0 Å². The fraction of sp³-hybridized carbons (Fsp3) is 0.875. The van der Waals surface area contributed by atoms with E-state index in [2.05, 4.69) is 34.9 Å². The molecule has 2 aliphatic rings. The second-order valence-electron chi connectivity index (χ2n) is 7.41. The van der Waals surface area contributed by atoms with Crippen molar-refractivity contribution < 1.29 is 4.74 Å². The summed E-state index contributed by atoms with van der Waals surface area (Å²) in [4.78, 5) is 9.88. The minimum absolute atomic E-state index is 0.0320. The van der Waals surface area contributed by atoms with Crippen LogP contribution in [0.3, 0.4) is 0 Å². The van der Waals surface area contributed by atoms with E-state index in [4.69, 9.17) is 9.72 Å². The summed E-state index contributed by atoms with van der Waals surface area (Å²) < 4.78 is 10.1. The van der Waals surface area contributed by atoms with Crippen LogP contribution in [-0.2, 0) is 10.2 Å². The van der Waals surface area contributed by atoms with Crippen molar-refractivity contribution in [1.82, 2.24) is 14.3 Å². The number of hydrogen-bond donors (Lipinski definition) is 0. The van der Waals surface area contributed by atoms with Gasteiger partial charge in [-0.05, 0) is 19.3 Å². The maximum Gasteiger partial charge on any atom is 0.205 e. The summed E-state index contributed by atoms with van der Waals surface area (Å²) in [7, 11) is 0. The molecular weight excluding hydrogens is 296 g/mol. The molecule has 0 radical (unpaired) electrons. The van der Waals surface area contributed by atoms with Crippen LogP contribution >= 0.6 is 11.5 Å². The molecule has 1 atom stereocenters. The third-order valence-corrected chi connectivity index (χ3v) is 5.28. The first-order chi connectivity index (χ1) is 10.5. The van der Waals surface area contributed by atoms with Crippen LogP contribution in [0.5, 0.6) is 0 Å². The second-order valence-corrected chi connectivity index (χ2v) is 8.14. The molecule has 2 aliphatic heterocycles. The molecule has 0 bridgehead atoms. The molecule has 0 amide bonds. The van der Waals surface area contributed by atoms with Gasteiger partial charge >= 0.3 is 0 Å². The fourth-order valence-corrected chi connectivity index (χ4v) is 4.12. The van der Waals surface area contributed by atoms with E-state index in [-0.39, 0.29) is 5.41 Å². The summed E-state index contributed by atoms with van der Waals surface area (Å²) in [5, 5.41) is 1.11. The van der Waals surface area contributed by atoms with Crippen LogP contribution in [0.1, 0.15) is 45.9 Å². The van der Waals surface area contributed by atoms with Gasteiger partial charge in [0.15, 0.2) is 0 Å². The highest BCUT2D eigenvalue weighted by Crippen LogP contribution is 2.30. The Balaban J connectivity index is 1.70. The fourth-order valence-electron chi connectivity index (χ4n) is 3.16. The van der Waals surface area contributed by atoms with Crippen molar-refractivity contribution in [3.63, 3.8) is 0 Å². The Morgan fingerprint density at radius 1 is 1.18 bits per heavy atom. The molecule has 0 spiro atoms. The molecule has 2 fully saturated rings. The Morgan fingerprint density at radius 3 is 2.64 bits per heavy atom. The molecule has 2 saturated heterocycles. The van der Waals surface area contributed by atoms with Crippen LogP contribution in [0.2, 0.25) is 0 Å². The quantitative estimate of drug-likeness (QED) is 0.854. The molecule has 1 aromatic heterocycles. The van der Waals surface area contributed by atoms with Gasteiger partial charge in [0.25, 0.3) is 0 Å². The normalized spacial score (nSPS) is 24.7. The average Bonchev–Trinajstić information content (AvgIpc) is 2.99. The molecule has 1 aromatic rings. The highest BCUT2D eigenvalue weighted by molar-refractivity contribution is 7.09. The average molecular weight is 324 g/mol. The SMILES string of the molecule is CC(C)(C)c1nsc(N2CCCCC2CN2CCOCC2)n1. The number of rotatable bonds is 3. The smallest absolute Gasteiger partial charge is 0.205 e. The first-order valence-corrected chi connectivity index (χ1v) is 9.22. The maximum absolute atomic E-state index is 5.47. The molecule has 0 saturated carbocycles. The Morgan fingerprint density at radius 2 is 1.95 bits per heavy atom. The molecule has 3 heterocycles. The van der Waals surface area contributed by atoms with E-state index < -0.39 is 0 Å². The molecule has 0 N–H and O–H groups in total. The zero-order valence-electron chi connectivity index (χ0n) is 14.0. The van der Waals surface area contributed by atoms with Crippen molar-refractivity contribution in [2.45, 2.75) is 51.5 Å². The number of hydrogen-bond acceptors (Lipinski definition) is 6. The van der Waals surface area contributed by atoms with Crippen LogP contribution < -0.4 is 4.90 Å². The monoisotopic (exact) mass is 324 g/mol. The van der Waals surface area contributed by atoms with Crippen molar-refractivity contribution in [3.05, 3.63) is 5.82 Å². The van der Waals surface area contributed by atoms with Gasteiger partial charge in [0.2, 0.25) is 5.13 Å². The molecule has 5 nitrogen and oxygen atoms in total. The third kappa shape index (κ3) is 3.78. The minimum atomic E-state index is 0.0320. The van der Waals surface area contributed by atoms with Gasteiger partial charge in [-0.15, -0.1) is 0 Å². The lowest BCUT2D eigenvalue weighted by Gasteiger charge is -2.39. The Labute approximate surface area is 137 Å². The van der Waals surface area contributed by atoms with E-state index >= 15 is 0 Å². The highest BCUT2D eigenvalue weighted by Gasteiger charge is 2.29. The predicted molar refractivity (Wildman–Crippen MR) is 90.9 cm³/mol. The van der Waals surface area contributed by atoms with Crippen molar-refractivity contribution in [2.24, 2.45) is 0 Å². The molecule has 0 aliphatic carbocycles. The molecule has 22 heavy (non-hydrogen) atoms. The van der Waals surface area contributed by atoms with E-state index in [1.807, 2.05) is 0 Å². The van der Waals surface area contributed by atoms with Crippen LogP contribution in [0.4, 0.5) is 5.13 Å². The Hall–Kier alpha value is -0.720. The van der Waals surface area contributed by atoms with Gasteiger partial charge in [0, 0.05) is 49.2 Å². The van der Waals surface area contributed by atoms with Crippen LogP contribution in [-0.4, -0.2) is 59.7 Å². The van der Waals surface area contributed by atoms with Crippen molar-refractivity contribution >= 4 is 16.7 Å². The van der Waals surface area contributed by atoms with Crippen molar-refractivity contribution in [2.75, 3.05) is 44.3 Å². The largest absolute Gasteiger partial charge is 0.379 e. The maximum atomic E-state index is 5.47. The van der Waals surface area contributed by atoms with Gasteiger partial charge in [-0.2, -0.15) is 4.37 Å². The van der Waals surface area contributed by atoms with E-state index in [1.165, 1.54) is 19.3 Å². The van der Waals surface area contributed by atoms with E-state index in [9.17, 15) is 0 Å². The topological polar surface area (TPSA) is 41.5 Å². The molecule has 3 rings (SSSR count). The first-order valence-electron chi connectivity index (χ1n) is 8.45. The third-order valence-electron chi connectivity index (χ3n) is 4.53. The summed E-state index contributed by atoms with van der Waals surface area (Å²) in [5.74, 6) is 0.975. The van der Waals surface area contributed by atoms with E-state index in [0.717, 1.165) is 50.3 Å².